The van der Waals surface area contributed by atoms with Crippen LogP contribution in [0.3, 0.4) is 0 Å². The molecule has 0 radical (unpaired) electrons. The predicted octanol–water partition coefficient (Wildman–Crippen LogP) is 0.949. The summed E-state index contributed by atoms with van der Waals surface area (Å²) in [6.07, 6.45) is 1.59. The molecule has 0 unspecified atom stereocenters. The Morgan fingerprint density at radius 1 is 1.53 bits per heavy atom. The molecule has 1 aromatic heterocycles. The lowest BCUT2D eigenvalue weighted by molar-refractivity contribution is 0.0950. The molecule has 2 rings (SSSR count). The number of hydrogen-bond acceptors (Lipinski definition) is 4. The van der Waals surface area contributed by atoms with Crippen LogP contribution in [0.5, 0.6) is 0 Å². The van der Waals surface area contributed by atoms with Crippen molar-refractivity contribution < 1.29 is 9.18 Å². The molecule has 19 heavy (non-hydrogen) atoms. The summed E-state index contributed by atoms with van der Waals surface area (Å²) in [5.41, 5.74) is 5.94. The number of nitrogens with two attached hydrogens (primary N) is 1. The predicted molar refractivity (Wildman–Crippen MR) is 67.7 cm³/mol. The van der Waals surface area contributed by atoms with Gasteiger partial charge in [0.2, 0.25) is 0 Å². The smallest absolute Gasteiger partial charge is 0.253 e. The van der Waals surface area contributed by atoms with Crippen LogP contribution in [0.4, 0.5) is 10.1 Å². The van der Waals surface area contributed by atoms with E-state index in [9.17, 15) is 9.18 Å². The summed E-state index contributed by atoms with van der Waals surface area (Å²) < 4.78 is 14.7. The minimum atomic E-state index is -0.472. The molecule has 1 amide bonds. The largest absolute Gasteiger partial charge is 0.398 e. The molecule has 0 fully saturated rings. The number of aromatic nitrogens is 3. The van der Waals surface area contributed by atoms with Crippen LogP contribution in [0.2, 0.25) is 0 Å². The molecule has 0 saturated heterocycles. The number of amides is 1. The normalized spacial score (nSPS) is 10.4. The Labute approximate surface area is 109 Å². The minimum Gasteiger partial charge on any atom is -0.398 e. The lowest BCUT2D eigenvalue weighted by atomic mass is 10.1. The fraction of sp³-hybridized carbons (Fsp3) is 0.250. The van der Waals surface area contributed by atoms with Crippen molar-refractivity contribution in [1.82, 2.24) is 20.1 Å². The summed E-state index contributed by atoms with van der Waals surface area (Å²) in [6.45, 7) is 2.91. The highest BCUT2D eigenvalue weighted by molar-refractivity contribution is 5.98. The zero-order valence-electron chi connectivity index (χ0n) is 10.4. The van der Waals surface area contributed by atoms with E-state index in [1.165, 1.54) is 12.1 Å². The number of halogens is 1. The van der Waals surface area contributed by atoms with Gasteiger partial charge in [-0.05, 0) is 25.1 Å². The molecular formula is C12H14FN5O. The number of hydrogen-bond donors (Lipinski definition) is 2. The van der Waals surface area contributed by atoms with Gasteiger partial charge in [0, 0.05) is 12.2 Å². The van der Waals surface area contributed by atoms with Crippen molar-refractivity contribution in [1.29, 1.82) is 0 Å². The number of nitrogens with zero attached hydrogens (tertiary/aromatic N) is 3. The maximum Gasteiger partial charge on any atom is 0.253 e. The van der Waals surface area contributed by atoms with Crippen molar-refractivity contribution in [3.05, 3.63) is 41.7 Å². The number of anilines is 1. The van der Waals surface area contributed by atoms with E-state index in [-0.39, 0.29) is 23.7 Å². The van der Waals surface area contributed by atoms with Crippen molar-refractivity contribution in [2.24, 2.45) is 0 Å². The Morgan fingerprint density at radius 3 is 3.00 bits per heavy atom. The fourth-order valence-corrected chi connectivity index (χ4v) is 1.67. The van der Waals surface area contributed by atoms with Gasteiger partial charge >= 0.3 is 0 Å². The molecule has 1 heterocycles. The van der Waals surface area contributed by atoms with Gasteiger partial charge in [0.25, 0.3) is 5.91 Å². The van der Waals surface area contributed by atoms with Gasteiger partial charge < -0.3 is 15.6 Å². The average molecular weight is 263 g/mol. The second-order valence-electron chi connectivity index (χ2n) is 3.95. The standard InChI is InChI=1S/C12H14FN5O/c1-2-18-7-16-17-11(18)6-15-12(19)9-4-3-8(13)5-10(9)14/h3-5,7H,2,6,14H2,1H3,(H,15,19). The van der Waals surface area contributed by atoms with E-state index in [1.807, 2.05) is 11.5 Å². The summed E-state index contributed by atoms with van der Waals surface area (Å²) in [5, 5.41) is 10.3. The second-order valence-corrected chi connectivity index (χ2v) is 3.95. The Hall–Kier alpha value is -2.44. The lowest BCUT2D eigenvalue weighted by Gasteiger charge is -2.08. The number of carbonyl (C=O) groups is 1. The summed E-state index contributed by atoms with van der Waals surface area (Å²) >= 11 is 0. The SMILES string of the molecule is CCn1cnnc1CNC(=O)c1ccc(F)cc1N. The minimum absolute atomic E-state index is 0.106. The molecule has 6 nitrogen and oxygen atoms in total. The molecule has 0 spiro atoms. The van der Waals surface area contributed by atoms with E-state index < -0.39 is 5.82 Å². The van der Waals surface area contributed by atoms with Gasteiger partial charge in [0.1, 0.15) is 12.1 Å². The number of nitrogens with one attached hydrogen (secondary N) is 1. The maximum absolute atomic E-state index is 12.9. The maximum atomic E-state index is 12.9. The summed E-state index contributed by atoms with van der Waals surface area (Å²) in [4.78, 5) is 11.9. The van der Waals surface area contributed by atoms with E-state index >= 15 is 0 Å². The Morgan fingerprint density at radius 2 is 2.32 bits per heavy atom. The molecule has 7 heteroatoms. The van der Waals surface area contributed by atoms with E-state index in [1.54, 1.807) is 6.33 Å². The highest BCUT2D eigenvalue weighted by Crippen LogP contribution is 2.13. The van der Waals surface area contributed by atoms with Gasteiger partial charge in [0.05, 0.1) is 12.1 Å². The van der Waals surface area contributed by atoms with E-state index in [0.717, 1.165) is 12.6 Å². The van der Waals surface area contributed by atoms with Gasteiger partial charge in [-0.2, -0.15) is 0 Å². The van der Waals surface area contributed by atoms with Crippen LogP contribution < -0.4 is 11.1 Å². The third-order valence-corrected chi connectivity index (χ3v) is 2.70. The van der Waals surface area contributed by atoms with E-state index in [4.69, 9.17) is 5.73 Å². The van der Waals surface area contributed by atoms with E-state index in [2.05, 4.69) is 15.5 Å². The average Bonchev–Trinajstić information content (AvgIpc) is 2.83. The van der Waals surface area contributed by atoms with Crippen molar-refractivity contribution >= 4 is 11.6 Å². The third-order valence-electron chi connectivity index (χ3n) is 2.70. The molecule has 0 atom stereocenters. The van der Waals surface area contributed by atoms with E-state index in [0.29, 0.717) is 5.82 Å². The molecule has 100 valence electrons. The number of nitrogen functional groups attached to an aromatic ring is 1. The second kappa shape index (κ2) is 5.47. The molecule has 0 aliphatic carbocycles. The zero-order chi connectivity index (χ0) is 13.8. The van der Waals surface area contributed by atoms with Crippen LogP contribution in [-0.2, 0) is 13.1 Å². The lowest BCUT2D eigenvalue weighted by Crippen LogP contribution is -2.25. The Bertz CT molecular complexity index is 596. The van der Waals surface area contributed by atoms with Crippen LogP contribution in [-0.4, -0.2) is 20.7 Å². The van der Waals surface area contributed by atoms with Gasteiger partial charge in [-0.3, -0.25) is 4.79 Å². The molecular weight excluding hydrogens is 249 g/mol. The van der Waals surface area contributed by atoms with Crippen LogP contribution in [0.1, 0.15) is 23.1 Å². The Balaban J connectivity index is 2.05. The number of carbonyl (C=O) groups excluding carboxylic acids is 1. The molecule has 3 N–H and O–H groups in total. The summed E-state index contributed by atoms with van der Waals surface area (Å²) in [6, 6.07) is 3.66. The number of aryl methyl sites for hydroxylation is 1. The van der Waals surface area contributed by atoms with Crippen LogP contribution in [0.15, 0.2) is 24.5 Å². The van der Waals surface area contributed by atoms with Gasteiger partial charge in [-0.15, -0.1) is 10.2 Å². The molecule has 0 saturated carbocycles. The molecule has 1 aromatic carbocycles. The monoisotopic (exact) mass is 263 g/mol. The molecule has 0 aliphatic heterocycles. The first-order valence-corrected chi connectivity index (χ1v) is 5.81. The summed E-state index contributed by atoms with van der Waals surface area (Å²) in [7, 11) is 0. The highest BCUT2D eigenvalue weighted by atomic mass is 19.1. The fourth-order valence-electron chi connectivity index (χ4n) is 1.67. The third kappa shape index (κ3) is 2.87. The molecule has 2 aromatic rings. The van der Waals surface area contributed by atoms with Crippen molar-refractivity contribution in [3.8, 4) is 0 Å². The van der Waals surface area contributed by atoms with Crippen molar-refractivity contribution in [3.63, 3.8) is 0 Å². The van der Waals surface area contributed by atoms with Crippen LogP contribution in [0, 0.1) is 5.82 Å². The van der Waals surface area contributed by atoms with Crippen LogP contribution >= 0.6 is 0 Å². The van der Waals surface area contributed by atoms with Crippen molar-refractivity contribution in [2.75, 3.05) is 5.73 Å². The first-order valence-electron chi connectivity index (χ1n) is 5.81. The molecule has 0 aliphatic rings. The van der Waals surface area contributed by atoms with Crippen molar-refractivity contribution in [2.45, 2.75) is 20.0 Å². The van der Waals surface area contributed by atoms with Crippen LogP contribution in [0.25, 0.3) is 0 Å². The first-order chi connectivity index (χ1) is 9.11. The Kier molecular flexibility index (Phi) is 3.74. The summed E-state index contributed by atoms with van der Waals surface area (Å²) in [5.74, 6) is -0.195. The zero-order valence-corrected chi connectivity index (χ0v) is 10.4. The van der Waals surface area contributed by atoms with Gasteiger partial charge in [-0.1, -0.05) is 0 Å². The first kappa shape index (κ1) is 13.0. The number of benzene rings is 1. The number of rotatable bonds is 4. The van der Waals surface area contributed by atoms with Gasteiger partial charge in [0.15, 0.2) is 5.82 Å². The van der Waals surface area contributed by atoms with Gasteiger partial charge in [-0.25, -0.2) is 4.39 Å². The molecule has 0 bridgehead atoms. The topological polar surface area (TPSA) is 85.8 Å². The highest BCUT2D eigenvalue weighted by Gasteiger charge is 2.11. The quantitative estimate of drug-likeness (QED) is 0.804.